The largest absolute Gasteiger partial charge is 0.378 e. The molecular weight excluding hydrogens is 338 g/mol. The molecular formula is C13H17N5O3S2. The van der Waals surface area contributed by atoms with E-state index < -0.39 is 9.84 Å². The summed E-state index contributed by atoms with van der Waals surface area (Å²) in [5.74, 6) is 1.01. The molecule has 0 radical (unpaired) electrons. The second-order valence-corrected chi connectivity index (χ2v) is 8.48. The Kier molecular flexibility index (Phi) is 4.46. The van der Waals surface area contributed by atoms with Gasteiger partial charge in [-0.25, -0.2) is 23.4 Å². The van der Waals surface area contributed by atoms with Crippen LogP contribution in [-0.4, -0.2) is 55.9 Å². The molecule has 0 spiro atoms. The maximum Gasteiger partial charge on any atom is 0.180 e. The third kappa shape index (κ3) is 4.15. The normalized spacial score (nSPS) is 15.8. The van der Waals surface area contributed by atoms with Gasteiger partial charge >= 0.3 is 0 Å². The Morgan fingerprint density at radius 3 is 2.70 bits per heavy atom. The summed E-state index contributed by atoms with van der Waals surface area (Å²) in [4.78, 5) is 15.7. The molecule has 3 heterocycles. The number of anilines is 2. The lowest BCUT2D eigenvalue weighted by atomic mass is 10.3. The van der Waals surface area contributed by atoms with Gasteiger partial charge in [-0.15, -0.1) is 0 Å². The molecule has 0 atom stereocenters. The zero-order chi connectivity index (χ0) is 16.4. The maximum atomic E-state index is 11.6. The quantitative estimate of drug-likeness (QED) is 0.847. The van der Waals surface area contributed by atoms with Gasteiger partial charge in [0.25, 0.3) is 0 Å². The van der Waals surface area contributed by atoms with Crippen LogP contribution in [-0.2, 0) is 20.3 Å². The lowest BCUT2D eigenvalue weighted by Gasteiger charge is -2.28. The van der Waals surface area contributed by atoms with Crippen molar-refractivity contribution in [1.82, 2.24) is 15.0 Å². The molecule has 2 aromatic rings. The topological polar surface area (TPSA) is 111 Å². The highest BCUT2D eigenvalue weighted by Crippen LogP contribution is 2.27. The lowest BCUT2D eigenvalue weighted by molar-refractivity contribution is 0.122. The zero-order valence-electron chi connectivity index (χ0n) is 12.6. The molecule has 23 heavy (non-hydrogen) atoms. The third-order valence-electron chi connectivity index (χ3n) is 3.25. The van der Waals surface area contributed by atoms with E-state index in [0.717, 1.165) is 0 Å². The van der Waals surface area contributed by atoms with E-state index in [0.29, 0.717) is 53.6 Å². The molecule has 0 saturated carbocycles. The Labute approximate surface area is 138 Å². The van der Waals surface area contributed by atoms with Gasteiger partial charge in [0.05, 0.1) is 35.7 Å². The molecule has 1 saturated heterocycles. The second kappa shape index (κ2) is 6.38. The van der Waals surface area contributed by atoms with Gasteiger partial charge in [0.2, 0.25) is 0 Å². The van der Waals surface area contributed by atoms with Crippen LogP contribution in [0.4, 0.5) is 10.9 Å². The van der Waals surface area contributed by atoms with E-state index in [1.807, 2.05) is 0 Å². The van der Waals surface area contributed by atoms with Crippen molar-refractivity contribution in [1.29, 1.82) is 0 Å². The van der Waals surface area contributed by atoms with Crippen molar-refractivity contribution in [2.24, 2.45) is 0 Å². The SMILES string of the molecule is CS(=O)(=O)Cc1cc(N2CCOCC2)nc(-c2cnc(N)s2)n1. The van der Waals surface area contributed by atoms with Gasteiger partial charge in [0, 0.05) is 25.4 Å². The molecule has 8 nitrogen and oxygen atoms in total. The fourth-order valence-electron chi connectivity index (χ4n) is 2.28. The fraction of sp³-hybridized carbons (Fsp3) is 0.462. The predicted molar refractivity (Wildman–Crippen MR) is 89.1 cm³/mol. The summed E-state index contributed by atoms with van der Waals surface area (Å²) in [6.07, 6.45) is 2.79. The molecule has 1 aliphatic rings. The van der Waals surface area contributed by atoms with E-state index in [9.17, 15) is 8.42 Å². The van der Waals surface area contributed by atoms with Crippen LogP contribution in [0.25, 0.3) is 10.7 Å². The Morgan fingerprint density at radius 2 is 2.09 bits per heavy atom. The van der Waals surface area contributed by atoms with Gasteiger partial charge in [-0.05, 0) is 0 Å². The van der Waals surface area contributed by atoms with Crippen LogP contribution < -0.4 is 10.6 Å². The highest BCUT2D eigenvalue weighted by Gasteiger charge is 2.18. The van der Waals surface area contributed by atoms with Gasteiger partial charge < -0.3 is 15.4 Å². The average molecular weight is 355 g/mol. The number of hydrogen-bond donors (Lipinski definition) is 1. The molecule has 0 unspecified atom stereocenters. The summed E-state index contributed by atoms with van der Waals surface area (Å²) in [6, 6.07) is 1.72. The highest BCUT2D eigenvalue weighted by atomic mass is 32.2. The number of thiazole rings is 1. The van der Waals surface area contributed by atoms with Crippen LogP contribution in [0, 0.1) is 0 Å². The average Bonchev–Trinajstić information content (AvgIpc) is 2.93. The Balaban J connectivity index is 2.02. The maximum absolute atomic E-state index is 11.6. The van der Waals surface area contributed by atoms with Crippen molar-refractivity contribution in [3.05, 3.63) is 18.0 Å². The minimum atomic E-state index is -3.19. The fourth-order valence-corrected chi connectivity index (χ4v) is 3.59. The molecule has 0 aliphatic carbocycles. The minimum absolute atomic E-state index is 0.131. The standard InChI is InChI=1S/C13H17N5O3S2/c1-23(19,20)8-9-6-11(18-2-4-21-5-3-18)17-12(16-9)10-7-15-13(14)22-10/h6-7H,2-5,8H2,1H3,(H2,14,15). The highest BCUT2D eigenvalue weighted by molar-refractivity contribution is 7.89. The predicted octanol–water partition coefficient (Wildman–Crippen LogP) is 0.563. The summed E-state index contributed by atoms with van der Waals surface area (Å²) in [5, 5.41) is 0.421. The Bertz CT molecular complexity index is 800. The van der Waals surface area contributed by atoms with Gasteiger partial charge in [0.15, 0.2) is 20.8 Å². The number of sulfone groups is 1. The van der Waals surface area contributed by atoms with Gasteiger partial charge in [0.1, 0.15) is 5.82 Å². The summed E-state index contributed by atoms with van der Waals surface area (Å²) >= 11 is 1.27. The number of nitrogens with zero attached hydrogens (tertiary/aromatic N) is 4. The number of hydrogen-bond acceptors (Lipinski definition) is 9. The molecule has 124 valence electrons. The van der Waals surface area contributed by atoms with Crippen LogP contribution in [0.3, 0.4) is 0 Å². The molecule has 2 N–H and O–H groups in total. The number of ether oxygens (including phenoxy) is 1. The molecule has 0 amide bonds. The van der Waals surface area contributed by atoms with Crippen LogP contribution in [0.1, 0.15) is 5.69 Å². The summed E-state index contributed by atoms with van der Waals surface area (Å²) in [7, 11) is -3.19. The van der Waals surface area contributed by atoms with Crippen LogP contribution in [0.5, 0.6) is 0 Å². The van der Waals surface area contributed by atoms with Gasteiger partial charge in [-0.3, -0.25) is 0 Å². The Hall–Kier alpha value is -1.78. The van der Waals surface area contributed by atoms with Crippen LogP contribution in [0.15, 0.2) is 12.3 Å². The first-order chi connectivity index (χ1) is 10.9. The van der Waals surface area contributed by atoms with Crippen molar-refractivity contribution in [3.8, 4) is 10.7 Å². The van der Waals surface area contributed by atoms with E-state index in [1.165, 1.54) is 17.6 Å². The molecule has 3 rings (SSSR count). The van der Waals surface area contributed by atoms with Crippen molar-refractivity contribution < 1.29 is 13.2 Å². The summed E-state index contributed by atoms with van der Waals surface area (Å²) in [6.45, 7) is 2.65. The first-order valence-electron chi connectivity index (χ1n) is 7.01. The van der Waals surface area contributed by atoms with Gasteiger partial charge in [-0.1, -0.05) is 11.3 Å². The molecule has 2 aromatic heterocycles. The van der Waals surface area contributed by atoms with Crippen molar-refractivity contribution in [2.45, 2.75) is 5.75 Å². The molecule has 1 aliphatic heterocycles. The summed E-state index contributed by atoms with van der Waals surface area (Å²) in [5.41, 5.74) is 6.13. The number of aromatic nitrogens is 3. The van der Waals surface area contributed by atoms with Crippen LogP contribution in [0.2, 0.25) is 0 Å². The summed E-state index contributed by atoms with van der Waals surface area (Å²) < 4.78 is 28.6. The van der Waals surface area contributed by atoms with Gasteiger partial charge in [-0.2, -0.15) is 0 Å². The number of rotatable bonds is 4. The molecule has 0 aromatic carbocycles. The Morgan fingerprint density at radius 1 is 1.35 bits per heavy atom. The van der Waals surface area contributed by atoms with E-state index in [4.69, 9.17) is 10.5 Å². The number of nitrogens with two attached hydrogens (primary N) is 1. The first kappa shape index (κ1) is 16.1. The number of morpholine rings is 1. The lowest BCUT2D eigenvalue weighted by Crippen LogP contribution is -2.37. The minimum Gasteiger partial charge on any atom is -0.378 e. The number of nitrogen functional groups attached to an aromatic ring is 1. The molecule has 1 fully saturated rings. The van der Waals surface area contributed by atoms with E-state index >= 15 is 0 Å². The smallest absolute Gasteiger partial charge is 0.180 e. The van der Waals surface area contributed by atoms with E-state index in [-0.39, 0.29) is 5.75 Å². The van der Waals surface area contributed by atoms with Crippen molar-refractivity contribution >= 4 is 32.1 Å². The third-order valence-corrected chi connectivity index (χ3v) is 4.90. The van der Waals surface area contributed by atoms with Crippen LogP contribution >= 0.6 is 11.3 Å². The molecule has 10 heteroatoms. The molecule has 0 bridgehead atoms. The zero-order valence-corrected chi connectivity index (χ0v) is 14.2. The monoisotopic (exact) mass is 355 g/mol. The van der Waals surface area contributed by atoms with E-state index in [1.54, 1.807) is 12.3 Å². The van der Waals surface area contributed by atoms with Crippen molar-refractivity contribution in [3.63, 3.8) is 0 Å². The first-order valence-corrected chi connectivity index (χ1v) is 9.88. The van der Waals surface area contributed by atoms with E-state index in [2.05, 4.69) is 19.9 Å². The van der Waals surface area contributed by atoms with Crippen molar-refractivity contribution in [2.75, 3.05) is 43.2 Å². The second-order valence-electron chi connectivity index (χ2n) is 5.27.